The maximum Gasteiger partial charge on any atom is 0.410 e. The third-order valence-corrected chi connectivity index (χ3v) is 5.89. The Morgan fingerprint density at radius 2 is 1.70 bits per heavy atom. The van der Waals surface area contributed by atoms with E-state index in [1.807, 2.05) is 58.0 Å². The predicted octanol–water partition coefficient (Wildman–Crippen LogP) is 6.73. The molecule has 0 N–H and O–H groups in total. The van der Waals surface area contributed by atoms with Crippen LogP contribution in [-0.4, -0.2) is 33.9 Å². The van der Waals surface area contributed by atoms with Crippen LogP contribution in [0.25, 0.3) is 22.0 Å². The summed E-state index contributed by atoms with van der Waals surface area (Å²) in [4.78, 5) is 14.1. The van der Waals surface area contributed by atoms with Gasteiger partial charge in [0.05, 0.1) is 6.42 Å². The van der Waals surface area contributed by atoms with Crippen LogP contribution < -0.4 is 0 Å². The minimum Gasteiger partial charge on any atom is -0.444 e. The average molecular weight is 459 g/mol. The molecule has 176 valence electrons. The van der Waals surface area contributed by atoms with Gasteiger partial charge in [-0.05, 0) is 73.9 Å². The van der Waals surface area contributed by atoms with Crippen LogP contribution in [0.15, 0.2) is 42.5 Å². The highest BCUT2D eigenvalue weighted by Gasteiger charge is 2.30. The van der Waals surface area contributed by atoms with Gasteiger partial charge >= 0.3 is 12.3 Å². The maximum absolute atomic E-state index is 13.0. The molecule has 1 aromatic heterocycles. The molecule has 1 aliphatic rings. The molecule has 2 heterocycles. The molecule has 0 radical (unpaired) electrons. The Morgan fingerprint density at radius 3 is 2.36 bits per heavy atom. The van der Waals surface area contributed by atoms with Gasteiger partial charge in [-0.15, -0.1) is 0 Å². The smallest absolute Gasteiger partial charge is 0.410 e. The minimum absolute atomic E-state index is 0.282. The first-order valence-electron chi connectivity index (χ1n) is 11.2. The average Bonchev–Trinajstić information content (AvgIpc) is 3.06. The number of fused-ring (bicyclic) bond motifs is 2. The van der Waals surface area contributed by atoms with E-state index in [-0.39, 0.29) is 11.8 Å². The van der Waals surface area contributed by atoms with E-state index in [9.17, 15) is 18.0 Å². The van der Waals surface area contributed by atoms with Crippen molar-refractivity contribution in [2.24, 2.45) is 0 Å². The Bertz CT molecular complexity index is 1190. The van der Waals surface area contributed by atoms with Gasteiger partial charge in [-0.1, -0.05) is 30.3 Å². The number of carbonyl (C=O) groups excluding carboxylic acids is 1. The number of carbonyl (C=O) groups is 1. The molecular weight excluding hydrogens is 429 g/mol. The van der Waals surface area contributed by atoms with Crippen LogP contribution >= 0.6 is 0 Å². The lowest BCUT2D eigenvalue weighted by Gasteiger charge is -2.31. The van der Waals surface area contributed by atoms with Gasteiger partial charge in [0, 0.05) is 30.8 Å². The molecule has 4 nitrogen and oxygen atoms in total. The molecule has 0 aliphatic carbocycles. The first-order valence-corrected chi connectivity index (χ1v) is 11.2. The first-order chi connectivity index (χ1) is 15.4. The zero-order chi connectivity index (χ0) is 24.0. The van der Waals surface area contributed by atoms with Gasteiger partial charge in [-0.3, -0.25) is 0 Å². The SMILES string of the molecule is CCn1c(CC(F)(F)F)cc2ccc(-c3ccc4c(c3)CCN(C(=O)OC(C)(C)C)C4)cc21. The van der Waals surface area contributed by atoms with Crippen LogP contribution in [0.5, 0.6) is 0 Å². The summed E-state index contributed by atoms with van der Waals surface area (Å²) < 4.78 is 46.2. The molecule has 0 unspecified atom stereocenters. The Hall–Kier alpha value is -2.96. The van der Waals surface area contributed by atoms with E-state index in [0.717, 1.165) is 34.0 Å². The summed E-state index contributed by atoms with van der Waals surface area (Å²) in [5.41, 5.74) is 4.80. The van der Waals surface area contributed by atoms with Gasteiger partial charge in [0.2, 0.25) is 0 Å². The second kappa shape index (κ2) is 8.43. The fourth-order valence-electron chi connectivity index (χ4n) is 4.43. The summed E-state index contributed by atoms with van der Waals surface area (Å²) in [5, 5.41) is 0.811. The first kappa shape index (κ1) is 23.2. The van der Waals surface area contributed by atoms with E-state index in [1.165, 1.54) is 5.56 Å². The van der Waals surface area contributed by atoms with Crippen molar-refractivity contribution >= 4 is 17.0 Å². The van der Waals surface area contributed by atoms with Crippen LogP contribution in [0.1, 0.15) is 44.5 Å². The molecule has 3 aromatic rings. The van der Waals surface area contributed by atoms with E-state index in [2.05, 4.69) is 6.07 Å². The van der Waals surface area contributed by atoms with Crippen LogP contribution in [0, 0.1) is 0 Å². The van der Waals surface area contributed by atoms with E-state index in [0.29, 0.717) is 19.6 Å². The Balaban J connectivity index is 1.60. The number of aryl methyl sites for hydroxylation is 1. The lowest BCUT2D eigenvalue weighted by molar-refractivity contribution is -0.128. The van der Waals surface area contributed by atoms with Crippen molar-refractivity contribution in [3.63, 3.8) is 0 Å². The number of amides is 1. The van der Waals surface area contributed by atoms with Crippen molar-refractivity contribution in [1.29, 1.82) is 0 Å². The van der Waals surface area contributed by atoms with Crippen molar-refractivity contribution in [2.75, 3.05) is 6.54 Å². The number of benzene rings is 2. The second-order valence-corrected chi connectivity index (χ2v) is 9.58. The number of halogens is 3. The maximum atomic E-state index is 13.0. The molecule has 0 spiro atoms. The quantitative estimate of drug-likeness (QED) is 0.436. The molecular formula is C26H29F3N2O2. The number of hydrogen-bond donors (Lipinski definition) is 0. The minimum atomic E-state index is -4.24. The molecule has 0 saturated carbocycles. The summed E-state index contributed by atoms with van der Waals surface area (Å²) in [6.45, 7) is 8.99. The molecule has 7 heteroatoms. The monoisotopic (exact) mass is 458 g/mol. The summed E-state index contributed by atoms with van der Waals surface area (Å²) in [6, 6.07) is 13.6. The van der Waals surface area contributed by atoms with Gasteiger partial charge in [-0.2, -0.15) is 13.2 Å². The predicted molar refractivity (Wildman–Crippen MR) is 123 cm³/mol. The number of nitrogens with zero attached hydrogens (tertiary/aromatic N) is 2. The van der Waals surface area contributed by atoms with Crippen molar-refractivity contribution < 1.29 is 22.7 Å². The molecule has 0 fully saturated rings. The summed E-state index contributed by atoms with van der Waals surface area (Å²) in [6.07, 6.45) is -4.75. The van der Waals surface area contributed by atoms with Gasteiger partial charge in [0.15, 0.2) is 0 Å². The highest BCUT2D eigenvalue weighted by Crippen LogP contribution is 2.32. The van der Waals surface area contributed by atoms with Crippen LogP contribution in [0.3, 0.4) is 0 Å². The van der Waals surface area contributed by atoms with Crippen molar-refractivity contribution in [2.45, 2.75) is 65.4 Å². The van der Waals surface area contributed by atoms with E-state index >= 15 is 0 Å². The van der Waals surface area contributed by atoms with Crippen molar-refractivity contribution in [3.8, 4) is 11.1 Å². The number of aromatic nitrogens is 1. The lowest BCUT2D eigenvalue weighted by Crippen LogP contribution is -2.39. The molecule has 1 aliphatic heterocycles. The van der Waals surface area contributed by atoms with Crippen molar-refractivity contribution in [1.82, 2.24) is 9.47 Å². The molecule has 0 atom stereocenters. The second-order valence-electron chi connectivity index (χ2n) is 9.58. The Kier molecular flexibility index (Phi) is 5.93. The van der Waals surface area contributed by atoms with Crippen molar-refractivity contribution in [3.05, 3.63) is 59.3 Å². The van der Waals surface area contributed by atoms with Crippen LogP contribution in [0.4, 0.5) is 18.0 Å². The summed E-state index contributed by atoms with van der Waals surface area (Å²) >= 11 is 0. The number of alkyl halides is 3. The molecule has 2 aromatic carbocycles. The van der Waals surface area contributed by atoms with E-state index in [1.54, 1.807) is 15.5 Å². The van der Waals surface area contributed by atoms with E-state index in [4.69, 9.17) is 4.74 Å². The van der Waals surface area contributed by atoms with Gasteiger partial charge in [-0.25, -0.2) is 4.79 Å². The molecule has 0 saturated heterocycles. The summed E-state index contributed by atoms with van der Waals surface area (Å²) in [5.74, 6) is 0. The van der Waals surface area contributed by atoms with Gasteiger partial charge < -0.3 is 14.2 Å². The number of hydrogen-bond acceptors (Lipinski definition) is 2. The highest BCUT2D eigenvalue weighted by atomic mass is 19.4. The zero-order valence-electron chi connectivity index (χ0n) is 19.4. The topological polar surface area (TPSA) is 34.5 Å². The summed E-state index contributed by atoms with van der Waals surface area (Å²) in [7, 11) is 0. The third-order valence-electron chi connectivity index (χ3n) is 5.89. The van der Waals surface area contributed by atoms with Gasteiger partial charge in [0.25, 0.3) is 0 Å². The highest BCUT2D eigenvalue weighted by molar-refractivity contribution is 5.86. The van der Waals surface area contributed by atoms with Gasteiger partial charge in [0.1, 0.15) is 5.60 Å². The van der Waals surface area contributed by atoms with Crippen LogP contribution in [0.2, 0.25) is 0 Å². The Morgan fingerprint density at radius 1 is 1.00 bits per heavy atom. The standard InChI is InChI=1S/C26H29F3N2O2/c1-5-31-22(15-26(27,28)29)13-20-8-6-18(14-23(20)31)17-7-9-21-16-30(11-10-19(21)12-17)24(32)33-25(2,3)4/h6-9,12-14H,5,10-11,15-16H2,1-4H3. The zero-order valence-corrected chi connectivity index (χ0v) is 19.4. The largest absolute Gasteiger partial charge is 0.444 e. The third kappa shape index (κ3) is 5.18. The lowest BCUT2D eigenvalue weighted by atomic mass is 9.94. The molecule has 33 heavy (non-hydrogen) atoms. The molecule has 1 amide bonds. The van der Waals surface area contributed by atoms with Crippen LogP contribution in [-0.2, 0) is 30.7 Å². The number of rotatable bonds is 3. The molecule has 0 bridgehead atoms. The number of ether oxygens (including phenoxy) is 1. The van der Waals surface area contributed by atoms with E-state index < -0.39 is 18.2 Å². The fraction of sp³-hybridized carbons (Fsp3) is 0.423. The normalized spacial score (nSPS) is 14.5. The molecule has 4 rings (SSSR count). The fourth-order valence-corrected chi connectivity index (χ4v) is 4.43. The Labute approximate surface area is 191 Å².